The smallest absolute Gasteiger partial charge is 0.160 e. The van der Waals surface area contributed by atoms with Gasteiger partial charge in [-0.2, -0.15) is 0 Å². The molecule has 0 fully saturated rings. The first kappa shape index (κ1) is 20.8. The number of hydrogen-bond acceptors (Lipinski definition) is 5. The highest BCUT2D eigenvalue weighted by molar-refractivity contribution is 5.37. The lowest BCUT2D eigenvalue weighted by molar-refractivity contribution is 0.177. The molecule has 0 spiro atoms. The van der Waals surface area contributed by atoms with Crippen LogP contribution in [0.1, 0.15) is 39.9 Å². The number of nitrogens with one attached hydrogen (secondary N) is 1. The van der Waals surface area contributed by atoms with Gasteiger partial charge in [0.05, 0.1) is 18.3 Å². The summed E-state index contributed by atoms with van der Waals surface area (Å²) in [6, 6.07) is 19.1. The minimum atomic E-state index is 0.107. The van der Waals surface area contributed by atoms with Gasteiger partial charge in [-0.15, -0.1) is 0 Å². The van der Waals surface area contributed by atoms with Gasteiger partial charge < -0.3 is 15.2 Å². The Morgan fingerprint density at radius 3 is 2.39 bits per heavy atom. The zero-order valence-corrected chi connectivity index (χ0v) is 17.9. The molecule has 5 heteroatoms. The average molecular weight is 414 g/mol. The van der Waals surface area contributed by atoms with Gasteiger partial charge >= 0.3 is 0 Å². The van der Waals surface area contributed by atoms with Gasteiger partial charge in [-0.25, -0.2) is 9.97 Å². The number of rotatable bonds is 7. The molecule has 1 aliphatic rings. The molecule has 2 heterocycles. The van der Waals surface area contributed by atoms with Gasteiger partial charge in [0.1, 0.15) is 11.5 Å². The summed E-state index contributed by atoms with van der Waals surface area (Å²) < 4.78 is 5.12. The van der Waals surface area contributed by atoms with Crippen LogP contribution in [0.15, 0.2) is 78.5 Å². The predicted molar refractivity (Wildman–Crippen MR) is 122 cm³/mol. The van der Waals surface area contributed by atoms with Gasteiger partial charge in [0.2, 0.25) is 0 Å². The van der Waals surface area contributed by atoms with Crippen LogP contribution in [0.3, 0.4) is 0 Å². The van der Waals surface area contributed by atoms with E-state index in [0.29, 0.717) is 23.6 Å². The number of aromatic hydroxyl groups is 1. The second-order valence-electron chi connectivity index (χ2n) is 7.76. The fourth-order valence-electron chi connectivity index (χ4n) is 3.70. The van der Waals surface area contributed by atoms with Crippen LogP contribution in [0, 0.1) is 6.92 Å². The van der Waals surface area contributed by atoms with Gasteiger partial charge in [-0.3, -0.25) is 0 Å². The van der Waals surface area contributed by atoms with E-state index in [1.54, 1.807) is 14.0 Å². The lowest BCUT2D eigenvalue weighted by Crippen LogP contribution is -2.17. The van der Waals surface area contributed by atoms with Crippen molar-refractivity contribution in [2.24, 2.45) is 0 Å². The standard InChI is InChI=1S/C26H27N3O2/c1-18-26(30)24(17-31-2)29-25(28-18)15-20-8-11-22(12-9-20)23-13-10-21(16-27-23)14-19-6-4-3-5-7-19/h3-13,16,23,27,30H,14-15,17H2,1-2H3. The maximum Gasteiger partial charge on any atom is 0.160 e. The summed E-state index contributed by atoms with van der Waals surface area (Å²) in [6.07, 6.45) is 8.04. The summed E-state index contributed by atoms with van der Waals surface area (Å²) >= 11 is 0. The number of aromatic nitrogens is 2. The fourth-order valence-corrected chi connectivity index (χ4v) is 3.70. The van der Waals surface area contributed by atoms with Gasteiger partial charge in [-0.1, -0.05) is 66.7 Å². The molecule has 5 nitrogen and oxygen atoms in total. The van der Waals surface area contributed by atoms with Crippen molar-refractivity contribution in [1.29, 1.82) is 0 Å². The van der Waals surface area contributed by atoms with Crippen LogP contribution in [0.5, 0.6) is 5.75 Å². The summed E-state index contributed by atoms with van der Waals surface area (Å²) in [5.41, 5.74) is 6.00. The molecule has 0 saturated carbocycles. The Balaban J connectivity index is 1.40. The van der Waals surface area contributed by atoms with Gasteiger partial charge in [0.25, 0.3) is 0 Å². The minimum Gasteiger partial charge on any atom is -0.504 e. The van der Waals surface area contributed by atoms with Crippen molar-refractivity contribution < 1.29 is 9.84 Å². The van der Waals surface area contributed by atoms with Crippen LogP contribution in [0.4, 0.5) is 0 Å². The minimum absolute atomic E-state index is 0.107. The molecule has 0 saturated heterocycles. The Bertz CT molecular complexity index is 1090. The highest BCUT2D eigenvalue weighted by atomic mass is 16.5. The van der Waals surface area contributed by atoms with E-state index in [0.717, 1.165) is 12.0 Å². The summed E-state index contributed by atoms with van der Waals surface area (Å²) in [5.74, 6) is 0.787. The Kier molecular flexibility index (Phi) is 6.43. The monoisotopic (exact) mass is 413 g/mol. The largest absolute Gasteiger partial charge is 0.504 e. The highest BCUT2D eigenvalue weighted by Gasteiger charge is 2.13. The molecule has 31 heavy (non-hydrogen) atoms. The number of hydrogen-bond donors (Lipinski definition) is 2. The Morgan fingerprint density at radius 2 is 1.71 bits per heavy atom. The molecule has 1 aromatic heterocycles. The lowest BCUT2D eigenvalue weighted by Gasteiger charge is -2.19. The quantitative estimate of drug-likeness (QED) is 0.595. The number of methoxy groups -OCH3 is 1. The van der Waals surface area contributed by atoms with Gasteiger partial charge in [0, 0.05) is 19.7 Å². The molecule has 0 amide bonds. The Hall–Kier alpha value is -3.44. The van der Waals surface area contributed by atoms with E-state index in [-0.39, 0.29) is 18.4 Å². The molecular weight excluding hydrogens is 386 g/mol. The molecule has 0 radical (unpaired) electrons. The van der Waals surface area contributed by atoms with Crippen LogP contribution in [0.2, 0.25) is 0 Å². The maximum atomic E-state index is 10.1. The van der Waals surface area contributed by atoms with Gasteiger partial charge in [0.15, 0.2) is 5.75 Å². The lowest BCUT2D eigenvalue weighted by atomic mass is 9.98. The second kappa shape index (κ2) is 9.58. The molecule has 1 unspecified atom stereocenters. The van der Waals surface area contributed by atoms with E-state index in [4.69, 9.17) is 4.74 Å². The average Bonchev–Trinajstić information content (AvgIpc) is 2.79. The molecule has 158 valence electrons. The van der Waals surface area contributed by atoms with E-state index in [1.165, 1.54) is 16.7 Å². The van der Waals surface area contributed by atoms with Crippen molar-refractivity contribution in [3.05, 3.63) is 112 Å². The summed E-state index contributed by atoms with van der Waals surface area (Å²) in [7, 11) is 1.59. The first-order chi connectivity index (χ1) is 15.1. The number of ether oxygens (including phenoxy) is 1. The number of nitrogens with zero attached hydrogens (tertiary/aromatic N) is 2. The zero-order valence-electron chi connectivity index (χ0n) is 17.9. The van der Waals surface area contributed by atoms with Crippen LogP contribution in [-0.2, 0) is 24.2 Å². The maximum absolute atomic E-state index is 10.1. The van der Waals surface area contributed by atoms with Crippen LogP contribution >= 0.6 is 0 Å². The number of dihydropyridines is 1. The molecule has 1 atom stereocenters. The SMILES string of the molecule is COCc1nc(Cc2ccc(C3C=CC(Cc4ccccc4)=CN3)cc2)nc(C)c1O. The van der Waals surface area contributed by atoms with Crippen molar-refractivity contribution in [2.45, 2.75) is 32.4 Å². The van der Waals surface area contributed by atoms with Crippen molar-refractivity contribution in [2.75, 3.05) is 7.11 Å². The van der Waals surface area contributed by atoms with E-state index < -0.39 is 0 Å². The van der Waals surface area contributed by atoms with Crippen LogP contribution in [-0.4, -0.2) is 22.2 Å². The number of aryl methyl sites for hydroxylation is 1. The summed E-state index contributed by atoms with van der Waals surface area (Å²) in [6.45, 7) is 2.05. The van der Waals surface area contributed by atoms with Crippen molar-refractivity contribution >= 4 is 0 Å². The molecule has 2 aromatic carbocycles. The van der Waals surface area contributed by atoms with Crippen LogP contribution in [0.25, 0.3) is 0 Å². The van der Waals surface area contributed by atoms with Crippen molar-refractivity contribution in [1.82, 2.24) is 15.3 Å². The molecule has 0 bridgehead atoms. The van der Waals surface area contributed by atoms with E-state index in [1.807, 2.05) is 6.07 Å². The second-order valence-corrected chi connectivity index (χ2v) is 7.76. The van der Waals surface area contributed by atoms with E-state index in [2.05, 4.69) is 82.2 Å². The van der Waals surface area contributed by atoms with Crippen LogP contribution < -0.4 is 5.32 Å². The Morgan fingerprint density at radius 1 is 0.968 bits per heavy atom. The highest BCUT2D eigenvalue weighted by Crippen LogP contribution is 2.23. The van der Waals surface area contributed by atoms with Crippen molar-refractivity contribution in [3.8, 4) is 5.75 Å². The molecule has 3 aromatic rings. The topological polar surface area (TPSA) is 67.3 Å². The van der Waals surface area contributed by atoms with E-state index >= 15 is 0 Å². The fraction of sp³-hybridized carbons (Fsp3) is 0.231. The van der Waals surface area contributed by atoms with E-state index in [9.17, 15) is 5.11 Å². The number of allylic oxidation sites excluding steroid dienone is 2. The molecule has 2 N–H and O–H groups in total. The third-order valence-electron chi connectivity index (χ3n) is 5.36. The normalized spacial score (nSPS) is 15.4. The third kappa shape index (κ3) is 5.19. The Labute approximate surface area is 183 Å². The summed E-state index contributed by atoms with van der Waals surface area (Å²) in [5, 5.41) is 13.6. The molecular formula is C26H27N3O2. The molecule has 4 rings (SSSR count). The zero-order chi connectivity index (χ0) is 21.6. The predicted octanol–water partition coefficient (Wildman–Crippen LogP) is 4.55. The molecule has 0 aliphatic carbocycles. The van der Waals surface area contributed by atoms with Gasteiger partial charge in [-0.05, 0) is 35.6 Å². The number of benzene rings is 2. The van der Waals surface area contributed by atoms with Crippen molar-refractivity contribution in [3.63, 3.8) is 0 Å². The third-order valence-corrected chi connectivity index (χ3v) is 5.36. The molecule has 1 aliphatic heterocycles. The first-order valence-electron chi connectivity index (χ1n) is 10.4. The summed E-state index contributed by atoms with van der Waals surface area (Å²) in [4.78, 5) is 8.87. The first-order valence-corrected chi connectivity index (χ1v) is 10.4.